The molecule has 0 aliphatic carbocycles. The number of benzene rings is 1. The van der Waals surface area contributed by atoms with Gasteiger partial charge in [0.15, 0.2) is 0 Å². The van der Waals surface area contributed by atoms with Crippen LogP contribution in [0.1, 0.15) is 18.4 Å². The number of hydrogen-bond acceptors (Lipinski definition) is 3. The number of likely N-dealkylation sites (tertiary alicyclic amines) is 1. The molecule has 2 amide bonds. The zero-order valence-electron chi connectivity index (χ0n) is 12.4. The Morgan fingerprint density at radius 1 is 1.41 bits per heavy atom. The van der Waals surface area contributed by atoms with Gasteiger partial charge < -0.3 is 19.9 Å². The van der Waals surface area contributed by atoms with Crippen molar-refractivity contribution in [1.82, 2.24) is 19.8 Å². The van der Waals surface area contributed by atoms with E-state index in [1.54, 1.807) is 17.4 Å². The summed E-state index contributed by atoms with van der Waals surface area (Å²) in [6.45, 7) is 1.18. The predicted molar refractivity (Wildman–Crippen MR) is 82.6 cm³/mol. The Hall–Kier alpha value is -2.34. The van der Waals surface area contributed by atoms with Crippen LogP contribution in [0.15, 0.2) is 43.0 Å². The fourth-order valence-electron chi connectivity index (χ4n) is 2.88. The molecule has 1 saturated heterocycles. The van der Waals surface area contributed by atoms with E-state index in [0.717, 1.165) is 24.1 Å². The van der Waals surface area contributed by atoms with Crippen molar-refractivity contribution in [3.05, 3.63) is 48.5 Å². The average Bonchev–Trinajstić information content (AvgIpc) is 3.23. The number of aliphatic hydroxyl groups excluding tert-OH is 1. The van der Waals surface area contributed by atoms with E-state index in [4.69, 9.17) is 0 Å². The molecule has 6 heteroatoms. The number of aliphatic hydroxyl groups is 1. The first-order chi connectivity index (χ1) is 10.8. The molecule has 22 heavy (non-hydrogen) atoms. The Bertz CT molecular complexity index is 627. The zero-order valence-corrected chi connectivity index (χ0v) is 12.4. The minimum atomic E-state index is -0.114. The minimum absolute atomic E-state index is 0.0268. The summed E-state index contributed by atoms with van der Waals surface area (Å²) in [6, 6.07) is 7.73. The highest BCUT2D eigenvalue weighted by molar-refractivity contribution is 5.75. The van der Waals surface area contributed by atoms with E-state index in [2.05, 4.69) is 10.3 Å². The second kappa shape index (κ2) is 6.62. The van der Waals surface area contributed by atoms with E-state index in [1.165, 1.54) is 0 Å². The van der Waals surface area contributed by atoms with E-state index < -0.39 is 0 Å². The van der Waals surface area contributed by atoms with Crippen LogP contribution in [-0.2, 0) is 6.54 Å². The van der Waals surface area contributed by atoms with Crippen molar-refractivity contribution in [2.45, 2.75) is 25.4 Å². The van der Waals surface area contributed by atoms with Crippen LogP contribution in [-0.4, -0.2) is 44.8 Å². The van der Waals surface area contributed by atoms with Gasteiger partial charge in [-0.1, -0.05) is 18.2 Å². The maximum atomic E-state index is 12.3. The van der Waals surface area contributed by atoms with Gasteiger partial charge in [-0.05, 0) is 24.5 Å². The second-order valence-corrected chi connectivity index (χ2v) is 5.43. The molecule has 2 N–H and O–H groups in total. The molecule has 1 aliphatic heterocycles. The molecule has 3 rings (SSSR count). The van der Waals surface area contributed by atoms with E-state index in [0.29, 0.717) is 13.1 Å². The number of carbonyl (C=O) groups excluding carboxylic acids is 1. The van der Waals surface area contributed by atoms with Crippen LogP contribution >= 0.6 is 0 Å². The third kappa shape index (κ3) is 2.96. The molecule has 2 heterocycles. The largest absolute Gasteiger partial charge is 0.394 e. The lowest BCUT2D eigenvalue weighted by molar-refractivity contribution is 0.157. The van der Waals surface area contributed by atoms with Gasteiger partial charge in [0.2, 0.25) is 0 Å². The van der Waals surface area contributed by atoms with Gasteiger partial charge in [0.25, 0.3) is 0 Å². The van der Waals surface area contributed by atoms with Gasteiger partial charge in [0.05, 0.1) is 24.7 Å². The van der Waals surface area contributed by atoms with Crippen LogP contribution < -0.4 is 5.32 Å². The Labute approximate surface area is 129 Å². The normalized spacial score (nSPS) is 17.7. The Kier molecular flexibility index (Phi) is 4.39. The van der Waals surface area contributed by atoms with Crippen molar-refractivity contribution in [1.29, 1.82) is 0 Å². The number of urea groups is 1. The van der Waals surface area contributed by atoms with Gasteiger partial charge in [-0.15, -0.1) is 0 Å². The average molecular weight is 300 g/mol. The molecule has 1 aromatic heterocycles. The van der Waals surface area contributed by atoms with Gasteiger partial charge in [-0.3, -0.25) is 0 Å². The Balaban J connectivity index is 1.68. The molecule has 1 fully saturated rings. The van der Waals surface area contributed by atoms with Gasteiger partial charge in [0, 0.05) is 25.5 Å². The fraction of sp³-hybridized carbons (Fsp3) is 0.375. The topological polar surface area (TPSA) is 70.4 Å². The number of nitrogens with one attached hydrogen (secondary N) is 1. The molecule has 0 spiro atoms. The summed E-state index contributed by atoms with van der Waals surface area (Å²) in [7, 11) is 0. The van der Waals surface area contributed by atoms with Crippen molar-refractivity contribution in [2.24, 2.45) is 0 Å². The molecule has 116 valence electrons. The van der Waals surface area contributed by atoms with Crippen LogP contribution in [0, 0.1) is 0 Å². The summed E-state index contributed by atoms with van der Waals surface area (Å²) in [5.74, 6) is 0. The zero-order chi connectivity index (χ0) is 15.4. The number of hydrogen-bond donors (Lipinski definition) is 2. The molecule has 0 radical (unpaired) electrons. The fourth-order valence-corrected chi connectivity index (χ4v) is 2.88. The third-order valence-electron chi connectivity index (χ3n) is 4.05. The Morgan fingerprint density at radius 2 is 2.27 bits per heavy atom. The monoisotopic (exact) mass is 300 g/mol. The highest BCUT2D eigenvalue weighted by Gasteiger charge is 2.27. The van der Waals surface area contributed by atoms with E-state index in [1.807, 2.05) is 35.0 Å². The Morgan fingerprint density at radius 3 is 3.05 bits per heavy atom. The van der Waals surface area contributed by atoms with Crippen LogP contribution in [0.4, 0.5) is 4.79 Å². The number of nitrogens with zero attached hydrogens (tertiary/aromatic N) is 3. The molecule has 0 saturated carbocycles. The number of amides is 2. The van der Waals surface area contributed by atoms with Crippen LogP contribution in [0.2, 0.25) is 0 Å². The lowest BCUT2D eigenvalue weighted by atomic mass is 10.1. The molecular weight excluding hydrogens is 280 g/mol. The third-order valence-corrected chi connectivity index (χ3v) is 4.05. The molecule has 1 aromatic carbocycles. The molecule has 1 aliphatic rings. The van der Waals surface area contributed by atoms with Gasteiger partial charge in [-0.25, -0.2) is 9.78 Å². The highest BCUT2D eigenvalue weighted by atomic mass is 16.3. The van der Waals surface area contributed by atoms with Gasteiger partial charge in [-0.2, -0.15) is 0 Å². The quantitative estimate of drug-likeness (QED) is 0.900. The number of aromatic nitrogens is 2. The van der Waals surface area contributed by atoms with Gasteiger partial charge >= 0.3 is 6.03 Å². The number of carbonyl (C=O) groups is 1. The number of imidazole rings is 1. The van der Waals surface area contributed by atoms with Gasteiger partial charge in [0.1, 0.15) is 0 Å². The maximum absolute atomic E-state index is 12.3. The number of para-hydroxylation sites is 1. The van der Waals surface area contributed by atoms with Crippen molar-refractivity contribution in [2.75, 3.05) is 13.2 Å². The highest BCUT2D eigenvalue weighted by Crippen LogP contribution is 2.17. The van der Waals surface area contributed by atoms with Crippen molar-refractivity contribution < 1.29 is 9.90 Å². The van der Waals surface area contributed by atoms with Crippen molar-refractivity contribution >= 4 is 6.03 Å². The molecule has 0 bridgehead atoms. The maximum Gasteiger partial charge on any atom is 0.317 e. The van der Waals surface area contributed by atoms with Crippen molar-refractivity contribution in [3.8, 4) is 5.69 Å². The summed E-state index contributed by atoms with van der Waals surface area (Å²) in [6.07, 6.45) is 7.16. The lowest BCUT2D eigenvalue weighted by Gasteiger charge is -2.23. The van der Waals surface area contributed by atoms with E-state index in [-0.39, 0.29) is 18.7 Å². The van der Waals surface area contributed by atoms with Crippen molar-refractivity contribution in [3.63, 3.8) is 0 Å². The molecule has 2 aromatic rings. The van der Waals surface area contributed by atoms with E-state index >= 15 is 0 Å². The van der Waals surface area contributed by atoms with Crippen LogP contribution in [0.25, 0.3) is 5.69 Å². The smallest absolute Gasteiger partial charge is 0.317 e. The second-order valence-electron chi connectivity index (χ2n) is 5.43. The molecule has 1 unspecified atom stereocenters. The summed E-state index contributed by atoms with van der Waals surface area (Å²) >= 11 is 0. The van der Waals surface area contributed by atoms with Crippen LogP contribution in [0.3, 0.4) is 0 Å². The predicted octanol–water partition coefficient (Wildman–Crippen LogP) is 1.54. The summed E-state index contributed by atoms with van der Waals surface area (Å²) < 4.78 is 1.92. The minimum Gasteiger partial charge on any atom is -0.394 e. The first-order valence-corrected chi connectivity index (χ1v) is 7.51. The first kappa shape index (κ1) is 14.6. The number of rotatable bonds is 4. The van der Waals surface area contributed by atoms with E-state index in [9.17, 15) is 9.90 Å². The summed E-state index contributed by atoms with van der Waals surface area (Å²) in [5.41, 5.74) is 2.02. The SMILES string of the molecule is O=C(NCc1ccccc1-n1ccnc1)N1CCCC1CO. The molecule has 1 atom stereocenters. The first-order valence-electron chi connectivity index (χ1n) is 7.51. The lowest BCUT2D eigenvalue weighted by Crippen LogP contribution is -2.43. The molecule has 6 nitrogen and oxygen atoms in total. The standard InChI is InChI=1S/C16H20N4O2/c21-11-14-5-3-8-20(14)16(22)18-10-13-4-1-2-6-15(13)19-9-7-17-12-19/h1-2,4,6-7,9,12,14,21H,3,5,8,10-11H2,(H,18,22). The molecular formula is C16H20N4O2. The summed E-state index contributed by atoms with van der Waals surface area (Å²) in [5, 5.41) is 12.3. The summed E-state index contributed by atoms with van der Waals surface area (Å²) in [4.78, 5) is 18.1. The van der Waals surface area contributed by atoms with Crippen LogP contribution in [0.5, 0.6) is 0 Å².